The normalized spacial score (nSPS) is 12.0. The van der Waals surface area contributed by atoms with Crippen LogP contribution in [0.1, 0.15) is 6.92 Å². The zero-order valence-corrected chi connectivity index (χ0v) is 9.44. The van der Waals surface area contributed by atoms with Crippen molar-refractivity contribution in [3.05, 3.63) is 18.0 Å². The average molecular weight is 234 g/mol. The molecule has 0 aliphatic heterocycles. The minimum atomic E-state index is 0.0487. The number of aromatic nitrogens is 4. The lowest BCUT2D eigenvalue weighted by Gasteiger charge is -2.04. The lowest BCUT2D eigenvalue weighted by Crippen LogP contribution is -2.06. The minimum absolute atomic E-state index is 0.0487. The molecule has 0 saturated heterocycles. The molecule has 2 heterocycles. The summed E-state index contributed by atoms with van der Waals surface area (Å²) in [6.45, 7) is 2.45. The number of aromatic amines is 1. The van der Waals surface area contributed by atoms with Crippen molar-refractivity contribution in [3.8, 4) is 0 Å². The summed E-state index contributed by atoms with van der Waals surface area (Å²) < 4.78 is 0. The number of hydrogen-bond acceptors (Lipinski definition) is 6. The molecule has 7 nitrogen and oxygen atoms in total. The Morgan fingerprint density at radius 3 is 3.18 bits per heavy atom. The van der Waals surface area contributed by atoms with Gasteiger partial charge in [0, 0.05) is 6.54 Å². The lowest BCUT2D eigenvalue weighted by molar-refractivity contribution is 0.331. The summed E-state index contributed by atoms with van der Waals surface area (Å²) in [5.41, 5.74) is 7.71. The maximum absolute atomic E-state index is 8.86. The molecule has 0 fully saturated rings. The molecule has 0 atom stereocenters. The molecule has 0 unspecified atom stereocenters. The summed E-state index contributed by atoms with van der Waals surface area (Å²) in [5.74, 6) is 0.780. The van der Waals surface area contributed by atoms with Gasteiger partial charge >= 0.3 is 0 Å². The third-order valence-corrected chi connectivity index (χ3v) is 2.27. The lowest BCUT2D eigenvalue weighted by atomic mass is 10.3. The first-order chi connectivity index (χ1) is 8.20. The standard InChI is InChI=1S/C10H14N6O/c1-6(4-17)2-3-12-8-7-9(14-5-13-7)16-10(11)15-8/h2,5,17H,3-4H2,1H3,(H4,11,12,13,14,15,16)/b6-2+. The van der Waals surface area contributed by atoms with E-state index in [-0.39, 0.29) is 12.6 Å². The molecular weight excluding hydrogens is 220 g/mol. The Hall–Kier alpha value is -2.15. The highest BCUT2D eigenvalue weighted by atomic mass is 16.3. The van der Waals surface area contributed by atoms with Crippen LogP contribution in [0.25, 0.3) is 11.2 Å². The highest BCUT2D eigenvalue weighted by Crippen LogP contribution is 2.16. The molecule has 2 aromatic rings. The SMILES string of the molecule is C/C(=C\CNc1nc(N)nc2nc[nH]c12)CO. The number of nitrogens with two attached hydrogens (primary N) is 1. The Kier molecular flexibility index (Phi) is 3.20. The van der Waals surface area contributed by atoms with E-state index in [0.717, 1.165) is 5.57 Å². The second kappa shape index (κ2) is 4.79. The maximum atomic E-state index is 8.86. The van der Waals surface area contributed by atoms with Crippen LogP contribution in [-0.4, -0.2) is 38.2 Å². The van der Waals surface area contributed by atoms with Crippen LogP contribution >= 0.6 is 0 Å². The molecule has 0 radical (unpaired) electrons. The molecule has 2 aromatic heterocycles. The molecule has 90 valence electrons. The fraction of sp³-hybridized carbons (Fsp3) is 0.300. The van der Waals surface area contributed by atoms with E-state index in [9.17, 15) is 0 Å². The van der Waals surface area contributed by atoms with Gasteiger partial charge in [-0.3, -0.25) is 0 Å². The molecule has 17 heavy (non-hydrogen) atoms. The van der Waals surface area contributed by atoms with Gasteiger partial charge in [0.25, 0.3) is 0 Å². The summed E-state index contributed by atoms with van der Waals surface area (Å²) in [6.07, 6.45) is 3.42. The molecule has 0 aromatic carbocycles. The van der Waals surface area contributed by atoms with E-state index < -0.39 is 0 Å². The third kappa shape index (κ3) is 2.51. The number of anilines is 2. The van der Waals surface area contributed by atoms with Gasteiger partial charge in [0.15, 0.2) is 11.5 Å². The molecule has 0 spiro atoms. The number of fused-ring (bicyclic) bond motifs is 1. The monoisotopic (exact) mass is 234 g/mol. The minimum Gasteiger partial charge on any atom is -0.392 e. The van der Waals surface area contributed by atoms with Crippen LogP contribution in [0.2, 0.25) is 0 Å². The fourth-order valence-electron chi connectivity index (χ4n) is 1.36. The van der Waals surface area contributed by atoms with Gasteiger partial charge in [0.2, 0.25) is 5.95 Å². The summed E-state index contributed by atoms with van der Waals surface area (Å²) in [5, 5.41) is 11.9. The number of hydrogen-bond donors (Lipinski definition) is 4. The number of aliphatic hydroxyl groups is 1. The molecule has 0 saturated carbocycles. The number of rotatable bonds is 4. The molecule has 0 aliphatic carbocycles. The van der Waals surface area contributed by atoms with Gasteiger partial charge in [0.05, 0.1) is 12.9 Å². The van der Waals surface area contributed by atoms with Gasteiger partial charge in [-0.1, -0.05) is 11.6 Å². The van der Waals surface area contributed by atoms with Crippen LogP contribution in [-0.2, 0) is 0 Å². The largest absolute Gasteiger partial charge is 0.392 e. The third-order valence-electron chi connectivity index (χ3n) is 2.27. The molecule has 2 rings (SSSR count). The molecular formula is C10H14N6O. The van der Waals surface area contributed by atoms with Crippen LogP contribution in [0.3, 0.4) is 0 Å². The highest BCUT2D eigenvalue weighted by molar-refractivity contribution is 5.83. The van der Waals surface area contributed by atoms with Crippen molar-refractivity contribution < 1.29 is 5.11 Å². The summed E-state index contributed by atoms with van der Waals surface area (Å²) >= 11 is 0. The zero-order chi connectivity index (χ0) is 12.3. The quantitative estimate of drug-likeness (QED) is 0.565. The van der Waals surface area contributed by atoms with Crippen molar-refractivity contribution >= 4 is 22.9 Å². The van der Waals surface area contributed by atoms with Gasteiger partial charge in [-0.15, -0.1) is 0 Å². The topological polar surface area (TPSA) is 113 Å². The number of nitrogens with zero attached hydrogens (tertiary/aromatic N) is 3. The van der Waals surface area contributed by atoms with Crippen molar-refractivity contribution in [1.29, 1.82) is 0 Å². The Bertz CT molecular complexity index is 547. The van der Waals surface area contributed by atoms with E-state index in [1.165, 1.54) is 0 Å². The predicted octanol–water partition coefficient (Wildman–Crippen LogP) is 0.286. The first-order valence-electron chi connectivity index (χ1n) is 5.17. The van der Waals surface area contributed by atoms with Crippen molar-refractivity contribution in [2.24, 2.45) is 0 Å². The molecule has 0 aliphatic rings. The summed E-state index contributed by atoms with van der Waals surface area (Å²) in [6, 6.07) is 0. The van der Waals surface area contributed by atoms with Gasteiger partial charge in [-0.25, -0.2) is 4.98 Å². The Labute approximate surface area is 97.8 Å². The Balaban J connectivity index is 2.20. The summed E-state index contributed by atoms with van der Waals surface area (Å²) in [7, 11) is 0. The highest BCUT2D eigenvalue weighted by Gasteiger charge is 2.06. The van der Waals surface area contributed by atoms with E-state index in [4.69, 9.17) is 10.8 Å². The number of H-pyrrole nitrogens is 1. The van der Waals surface area contributed by atoms with E-state index >= 15 is 0 Å². The van der Waals surface area contributed by atoms with Crippen LogP contribution in [0.15, 0.2) is 18.0 Å². The number of nitrogens with one attached hydrogen (secondary N) is 2. The first-order valence-corrected chi connectivity index (χ1v) is 5.17. The Morgan fingerprint density at radius 2 is 2.41 bits per heavy atom. The average Bonchev–Trinajstić information content (AvgIpc) is 2.76. The van der Waals surface area contributed by atoms with E-state index in [1.54, 1.807) is 6.33 Å². The fourth-order valence-corrected chi connectivity index (χ4v) is 1.36. The van der Waals surface area contributed by atoms with Gasteiger partial charge < -0.3 is 21.1 Å². The molecule has 0 amide bonds. The number of aliphatic hydroxyl groups excluding tert-OH is 1. The Morgan fingerprint density at radius 1 is 1.59 bits per heavy atom. The van der Waals surface area contributed by atoms with Crippen LogP contribution in [0.4, 0.5) is 11.8 Å². The summed E-state index contributed by atoms with van der Waals surface area (Å²) in [4.78, 5) is 15.0. The molecule has 0 bridgehead atoms. The first kappa shape index (κ1) is 11.3. The maximum Gasteiger partial charge on any atom is 0.224 e. The van der Waals surface area contributed by atoms with Crippen molar-refractivity contribution in [3.63, 3.8) is 0 Å². The van der Waals surface area contributed by atoms with Crippen LogP contribution in [0.5, 0.6) is 0 Å². The van der Waals surface area contributed by atoms with E-state index in [0.29, 0.717) is 23.5 Å². The molecule has 5 N–H and O–H groups in total. The van der Waals surface area contributed by atoms with Gasteiger partial charge in [-0.05, 0) is 6.92 Å². The van der Waals surface area contributed by atoms with E-state index in [2.05, 4.69) is 25.3 Å². The van der Waals surface area contributed by atoms with Crippen molar-refractivity contribution in [2.45, 2.75) is 6.92 Å². The molecule has 7 heteroatoms. The second-order valence-electron chi connectivity index (χ2n) is 3.62. The van der Waals surface area contributed by atoms with Crippen molar-refractivity contribution in [1.82, 2.24) is 19.9 Å². The van der Waals surface area contributed by atoms with Crippen LogP contribution < -0.4 is 11.1 Å². The van der Waals surface area contributed by atoms with Crippen molar-refractivity contribution in [2.75, 3.05) is 24.2 Å². The van der Waals surface area contributed by atoms with E-state index in [1.807, 2.05) is 13.0 Å². The smallest absolute Gasteiger partial charge is 0.224 e. The number of imidazole rings is 1. The predicted molar refractivity (Wildman–Crippen MR) is 65.4 cm³/mol. The second-order valence-corrected chi connectivity index (χ2v) is 3.62. The van der Waals surface area contributed by atoms with Gasteiger partial charge in [0.1, 0.15) is 5.52 Å². The zero-order valence-electron chi connectivity index (χ0n) is 9.44. The number of nitrogen functional groups attached to an aromatic ring is 1. The van der Waals surface area contributed by atoms with Crippen LogP contribution in [0, 0.1) is 0 Å². The van der Waals surface area contributed by atoms with Gasteiger partial charge in [-0.2, -0.15) is 9.97 Å².